The van der Waals surface area contributed by atoms with E-state index in [1.54, 1.807) is 12.1 Å². The first-order valence-electron chi connectivity index (χ1n) is 8.78. The van der Waals surface area contributed by atoms with Crippen molar-refractivity contribution in [2.75, 3.05) is 0 Å². The molecule has 1 saturated carbocycles. The molecule has 0 heterocycles. The Kier molecular flexibility index (Phi) is 4.36. The lowest BCUT2D eigenvalue weighted by atomic mass is 9.92. The van der Waals surface area contributed by atoms with Crippen molar-refractivity contribution in [3.8, 4) is 0 Å². The van der Waals surface area contributed by atoms with Crippen LogP contribution in [0.1, 0.15) is 28.8 Å². The van der Waals surface area contributed by atoms with Gasteiger partial charge in [-0.05, 0) is 48.6 Å². The fraction of sp³-hybridized carbons (Fsp3) is 0.130. The largest absolute Gasteiger partial charge is 0.326 e. The van der Waals surface area contributed by atoms with Crippen LogP contribution in [0.25, 0.3) is 6.08 Å². The van der Waals surface area contributed by atoms with E-state index in [0.717, 1.165) is 28.8 Å². The Labute approximate surface area is 152 Å². The molecular formula is C23H19NO2. The minimum atomic E-state index is -0.113. The summed E-state index contributed by atoms with van der Waals surface area (Å²) < 4.78 is 0. The molecule has 0 spiro atoms. The van der Waals surface area contributed by atoms with Crippen molar-refractivity contribution in [2.24, 2.45) is 5.92 Å². The minimum Gasteiger partial charge on any atom is -0.326 e. The number of nitrogens with one attached hydrogen (secondary N) is 1. The van der Waals surface area contributed by atoms with Crippen LogP contribution in [-0.4, -0.2) is 11.7 Å². The van der Waals surface area contributed by atoms with Gasteiger partial charge in [0.05, 0.1) is 0 Å². The third-order valence-corrected chi connectivity index (χ3v) is 4.84. The second-order valence-electron chi connectivity index (χ2n) is 6.65. The molecule has 2 aliphatic rings. The molecule has 0 aliphatic heterocycles. The molecule has 4 rings (SSSR count). The van der Waals surface area contributed by atoms with Gasteiger partial charge < -0.3 is 5.32 Å². The van der Waals surface area contributed by atoms with E-state index in [2.05, 4.69) is 5.32 Å². The maximum Gasteiger partial charge on any atom is 0.255 e. The number of hydrogen-bond donors (Lipinski definition) is 1. The second-order valence-corrected chi connectivity index (χ2v) is 6.65. The summed E-state index contributed by atoms with van der Waals surface area (Å²) in [4.78, 5) is 25.0. The molecule has 128 valence electrons. The smallest absolute Gasteiger partial charge is 0.255 e. The lowest BCUT2D eigenvalue weighted by Crippen LogP contribution is -2.25. The Hall–Kier alpha value is -3.20. The standard InChI is InChI=1S/C23H19NO2/c25-22-19(13-16-7-3-1-4-8-16)14-18-15-20(11-12-21(18)22)24-23(26)17-9-5-2-6-10-17/h1-13,18H,14-15H2,(H,24,26). The molecule has 0 radical (unpaired) electrons. The molecule has 0 bridgehead atoms. The number of carbonyl (C=O) groups excluding carboxylic acids is 2. The van der Waals surface area contributed by atoms with Crippen molar-refractivity contribution in [1.29, 1.82) is 0 Å². The SMILES string of the molecule is O=C1C(=Cc2ccccc2)CC2CC(NC(=O)c3ccccc3)=CC=C12. The number of Topliss-reactive ketones (excluding diaryl/α,β-unsaturated/α-hetero) is 1. The molecule has 3 nitrogen and oxygen atoms in total. The average molecular weight is 341 g/mol. The number of amides is 1. The van der Waals surface area contributed by atoms with E-state index in [1.807, 2.05) is 66.8 Å². The van der Waals surface area contributed by atoms with Gasteiger partial charge in [-0.1, -0.05) is 54.6 Å². The van der Waals surface area contributed by atoms with Gasteiger partial charge in [0.2, 0.25) is 0 Å². The first kappa shape index (κ1) is 16.3. The highest BCUT2D eigenvalue weighted by Gasteiger charge is 2.34. The highest BCUT2D eigenvalue weighted by molar-refractivity contribution is 6.14. The summed E-state index contributed by atoms with van der Waals surface area (Å²) in [6.45, 7) is 0. The van der Waals surface area contributed by atoms with Crippen molar-refractivity contribution in [3.05, 3.63) is 101 Å². The summed E-state index contributed by atoms with van der Waals surface area (Å²) in [5.41, 5.74) is 4.23. The fourth-order valence-corrected chi connectivity index (χ4v) is 3.53. The van der Waals surface area contributed by atoms with Crippen molar-refractivity contribution in [3.63, 3.8) is 0 Å². The van der Waals surface area contributed by atoms with Crippen molar-refractivity contribution >= 4 is 17.8 Å². The van der Waals surface area contributed by atoms with Gasteiger partial charge in [-0.3, -0.25) is 9.59 Å². The summed E-state index contributed by atoms with van der Waals surface area (Å²) in [5.74, 6) is 0.162. The lowest BCUT2D eigenvalue weighted by molar-refractivity contribution is -0.111. The fourth-order valence-electron chi connectivity index (χ4n) is 3.53. The highest BCUT2D eigenvalue weighted by Crippen LogP contribution is 2.39. The van der Waals surface area contributed by atoms with Crippen LogP contribution in [0.5, 0.6) is 0 Å². The van der Waals surface area contributed by atoms with Gasteiger partial charge in [-0.15, -0.1) is 0 Å². The second kappa shape index (κ2) is 6.96. The summed E-state index contributed by atoms with van der Waals surface area (Å²) >= 11 is 0. The molecule has 0 aromatic heterocycles. The predicted molar refractivity (Wildman–Crippen MR) is 102 cm³/mol. The van der Waals surface area contributed by atoms with E-state index in [-0.39, 0.29) is 17.6 Å². The Morgan fingerprint density at radius 2 is 1.62 bits per heavy atom. The molecule has 26 heavy (non-hydrogen) atoms. The zero-order chi connectivity index (χ0) is 17.9. The van der Waals surface area contributed by atoms with E-state index in [0.29, 0.717) is 12.0 Å². The zero-order valence-electron chi connectivity index (χ0n) is 14.3. The Morgan fingerprint density at radius 1 is 0.923 bits per heavy atom. The number of carbonyl (C=O) groups is 2. The molecule has 1 amide bonds. The lowest BCUT2D eigenvalue weighted by Gasteiger charge is -2.18. The summed E-state index contributed by atoms with van der Waals surface area (Å²) in [7, 11) is 0. The van der Waals surface area contributed by atoms with Crippen LogP contribution in [0.4, 0.5) is 0 Å². The van der Waals surface area contributed by atoms with Crippen LogP contribution in [-0.2, 0) is 4.79 Å². The van der Waals surface area contributed by atoms with E-state index < -0.39 is 0 Å². The summed E-state index contributed by atoms with van der Waals surface area (Å²) in [6, 6.07) is 19.1. The molecule has 1 atom stereocenters. The van der Waals surface area contributed by atoms with Crippen LogP contribution < -0.4 is 5.32 Å². The molecule has 3 heteroatoms. The van der Waals surface area contributed by atoms with Gasteiger partial charge >= 0.3 is 0 Å². The van der Waals surface area contributed by atoms with Crippen LogP contribution in [0.2, 0.25) is 0 Å². The molecular weight excluding hydrogens is 322 g/mol. The van der Waals surface area contributed by atoms with Crippen LogP contribution >= 0.6 is 0 Å². The summed E-state index contributed by atoms with van der Waals surface area (Å²) in [5, 5.41) is 2.97. The van der Waals surface area contributed by atoms with Crippen molar-refractivity contribution in [1.82, 2.24) is 5.32 Å². The first-order chi connectivity index (χ1) is 12.7. The minimum absolute atomic E-state index is 0.113. The van der Waals surface area contributed by atoms with E-state index in [4.69, 9.17) is 0 Å². The van der Waals surface area contributed by atoms with E-state index >= 15 is 0 Å². The van der Waals surface area contributed by atoms with Gasteiger partial charge in [-0.25, -0.2) is 0 Å². The normalized spacial score (nSPS) is 20.4. The number of hydrogen-bond acceptors (Lipinski definition) is 2. The van der Waals surface area contributed by atoms with Crippen molar-refractivity contribution in [2.45, 2.75) is 12.8 Å². The predicted octanol–water partition coefficient (Wildman–Crippen LogP) is 4.30. The van der Waals surface area contributed by atoms with Gasteiger partial charge in [0, 0.05) is 22.4 Å². The number of allylic oxidation sites excluding steroid dienone is 5. The van der Waals surface area contributed by atoms with Gasteiger partial charge in [0.1, 0.15) is 0 Å². The van der Waals surface area contributed by atoms with Crippen LogP contribution in [0.3, 0.4) is 0 Å². The van der Waals surface area contributed by atoms with Gasteiger partial charge in [0.25, 0.3) is 5.91 Å². The van der Waals surface area contributed by atoms with E-state index in [9.17, 15) is 9.59 Å². The van der Waals surface area contributed by atoms with Crippen molar-refractivity contribution < 1.29 is 9.59 Å². The molecule has 1 unspecified atom stereocenters. The van der Waals surface area contributed by atoms with Gasteiger partial charge in [-0.2, -0.15) is 0 Å². The molecule has 2 aromatic carbocycles. The number of fused-ring (bicyclic) bond motifs is 1. The number of benzene rings is 2. The topological polar surface area (TPSA) is 46.2 Å². The van der Waals surface area contributed by atoms with Gasteiger partial charge in [0.15, 0.2) is 5.78 Å². The quantitative estimate of drug-likeness (QED) is 0.846. The zero-order valence-corrected chi connectivity index (χ0v) is 14.3. The Balaban J connectivity index is 1.48. The van der Waals surface area contributed by atoms with E-state index in [1.165, 1.54) is 0 Å². The number of ketones is 1. The Bertz CT molecular complexity index is 937. The highest BCUT2D eigenvalue weighted by atomic mass is 16.1. The van der Waals surface area contributed by atoms with Crippen LogP contribution in [0, 0.1) is 5.92 Å². The molecule has 2 aliphatic carbocycles. The summed E-state index contributed by atoms with van der Waals surface area (Å²) in [6.07, 6.45) is 7.10. The molecule has 2 aromatic rings. The monoisotopic (exact) mass is 341 g/mol. The third kappa shape index (κ3) is 3.29. The maximum atomic E-state index is 12.6. The molecule has 0 saturated heterocycles. The average Bonchev–Trinajstić information content (AvgIpc) is 2.98. The first-order valence-corrected chi connectivity index (χ1v) is 8.78. The van der Waals surface area contributed by atoms with Crippen LogP contribution in [0.15, 0.2) is 89.7 Å². The number of rotatable bonds is 3. The molecule has 1 fully saturated rings. The third-order valence-electron chi connectivity index (χ3n) is 4.84. The Morgan fingerprint density at radius 3 is 2.35 bits per heavy atom. The maximum absolute atomic E-state index is 12.6. The molecule has 1 N–H and O–H groups in total.